The van der Waals surface area contributed by atoms with E-state index < -0.39 is 0 Å². The molecule has 0 spiro atoms. The molecule has 0 aromatic rings. The summed E-state index contributed by atoms with van der Waals surface area (Å²) in [5.41, 5.74) is 10.4. The Morgan fingerprint density at radius 1 is 1.50 bits per heavy atom. The first-order chi connectivity index (χ1) is 4.68. The van der Waals surface area contributed by atoms with Gasteiger partial charge in [-0.15, -0.1) is 0 Å². The minimum Gasteiger partial charge on any atom is -0.330 e. The van der Waals surface area contributed by atoms with Crippen LogP contribution in [0.15, 0.2) is 0 Å². The van der Waals surface area contributed by atoms with Gasteiger partial charge in [-0.2, -0.15) is 0 Å². The summed E-state index contributed by atoms with van der Waals surface area (Å²) in [6, 6.07) is -0.347. The first-order valence-corrected chi connectivity index (χ1v) is 3.64. The first-order valence-electron chi connectivity index (χ1n) is 3.64. The smallest absolute Gasteiger partial charge is 0.146 e. The van der Waals surface area contributed by atoms with Crippen molar-refractivity contribution >= 4 is 5.78 Å². The number of nitrogens with two attached hydrogens (primary N) is 2. The summed E-state index contributed by atoms with van der Waals surface area (Å²) in [7, 11) is 0. The van der Waals surface area contributed by atoms with Crippen molar-refractivity contribution in [3.8, 4) is 0 Å². The summed E-state index contributed by atoms with van der Waals surface area (Å²) in [6.45, 7) is 5.96. The zero-order chi connectivity index (χ0) is 8.57. The Kier molecular flexibility index (Phi) is 10.6. The van der Waals surface area contributed by atoms with Crippen molar-refractivity contribution in [2.45, 2.75) is 33.2 Å². The topological polar surface area (TPSA) is 69.1 Å². The standard InChI is InChI=1S/C5H12N2O.C2H6/c1-4(8)5(7)2-3-6;1-2/h5H,2-3,6-7H2,1H3;1-2H3/t5-;/m1./s1. The molecule has 0 unspecified atom stereocenters. The molecule has 0 saturated carbocycles. The summed E-state index contributed by atoms with van der Waals surface area (Å²) < 4.78 is 0. The average molecular weight is 146 g/mol. The zero-order valence-corrected chi connectivity index (χ0v) is 7.05. The van der Waals surface area contributed by atoms with E-state index in [4.69, 9.17) is 11.5 Å². The summed E-state index contributed by atoms with van der Waals surface area (Å²) in [5, 5.41) is 0. The lowest BCUT2D eigenvalue weighted by Crippen LogP contribution is -2.30. The summed E-state index contributed by atoms with van der Waals surface area (Å²) in [6.07, 6.45) is 0.593. The van der Waals surface area contributed by atoms with Crippen molar-refractivity contribution < 1.29 is 4.79 Å². The molecular weight excluding hydrogens is 128 g/mol. The molecule has 4 N–H and O–H groups in total. The molecule has 0 aromatic carbocycles. The van der Waals surface area contributed by atoms with Crippen LogP contribution < -0.4 is 11.5 Å². The van der Waals surface area contributed by atoms with Crippen LogP contribution in [0.2, 0.25) is 0 Å². The molecule has 62 valence electrons. The van der Waals surface area contributed by atoms with Crippen LogP contribution in [0.5, 0.6) is 0 Å². The molecule has 0 aromatic heterocycles. The molecule has 0 aliphatic heterocycles. The van der Waals surface area contributed by atoms with Crippen LogP contribution in [-0.4, -0.2) is 18.4 Å². The van der Waals surface area contributed by atoms with Gasteiger partial charge in [0.25, 0.3) is 0 Å². The van der Waals surface area contributed by atoms with E-state index in [1.165, 1.54) is 6.92 Å². The van der Waals surface area contributed by atoms with Gasteiger partial charge in [0.2, 0.25) is 0 Å². The highest BCUT2D eigenvalue weighted by Crippen LogP contribution is 1.84. The second-order valence-corrected chi connectivity index (χ2v) is 1.79. The predicted molar refractivity (Wildman–Crippen MR) is 43.7 cm³/mol. The summed E-state index contributed by atoms with van der Waals surface area (Å²) >= 11 is 0. The van der Waals surface area contributed by atoms with Crippen LogP contribution >= 0.6 is 0 Å². The lowest BCUT2D eigenvalue weighted by molar-refractivity contribution is -0.118. The monoisotopic (exact) mass is 146 g/mol. The van der Waals surface area contributed by atoms with Crippen molar-refractivity contribution in [2.24, 2.45) is 11.5 Å². The molecule has 1 atom stereocenters. The fourth-order valence-electron chi connectivity index (χ4n) is 0.383. The van der Waals surface area contributed by atoms with Crippen molar-refractivity contribution in [1.29, 1.82) is 0 Å². The quantitative estimate of drug-likeness (QED) is 0.600. The molecule has 0 fully saturated rings. The number of hydrogen-bond acceptors (Lipinski definition) is 3. The lowest BCUT2D eigenvalue weighted by atomic mass is 10.1. The third-order valence-corrected chi connectivity index (χ3v) is 1.000. The Labute approximate surface area is 62.8 Å². The van der Waals surface area contributed by atoms with Gasteiger partial charge in [-0.25, -0.2) is 0 Å². The van der Waals surface area contributed by atoms with Crippen molar-refractivity contribution in [1.82, 2.24) is 0 Å². The van der Waals surface area contributed by atoms with E-state index in [0.29, 0.717) is 13.0 Å². The number of rotatable bonds is 3. The second kappa shape index (κ2) is 8.59. The summed E-state index contributed by atoms with van der Waals surface area (Å²) in [5.74, 6) is 0.00968. The highest BCUT2D eigenvalue weighted by atomic mass is 16.1. The van der Waals surface area contributed by atoms with Crippen LogP contribution in [0.4, 0.5) is 0 Å². The van der Waals surface area contributed by atoms with E-state index in [-0.39, 0.29) is 11.8 Å². The van der Waals surface area contributed by atoms with E-state index in [9.17, 15) is 4.79 Å². The average Bonchev–Trinajstić information content (AvgIpc) is 1.93. The molecule has 0 bridgehead atoms. The molecule has 3 heteroatoms. The van der Waals surface area contributed by atoms with Gasteiger partial charge >= 0.3 is 0 Å². The van der Waals surface area contributed by atoms with Crippen molar-refractivity contribution in [3.63, 3.8) is 0 Å². The molecule has 0 saturated heterocycles. The van der Waals surface area contributed by atoms with Crippen LogP contribution in [-0.2, 0) is 4.79 Å². The number of hydrogen-bond donors (Lipinski definition) is 2. The molecule has 0 heterocycles. The first kappa shape index (κ1) is 12.3. The van der Waals surface area contributed by atoms with Crippen LogP contribution in [0.25, 0.3) is 0 Å². The predicted octanol–water partition coefficient (Wildman–Crippen LogP) is 0.278. The third kappa shape index (κ3) is 7.59. The second-order valence-electron chi connectivity index (χ2n) is 1.79. The number of carbonyl (C=O) groups is 1. The Morgan fingerprint density at radius 3 is 2.00 bits per heavy atom. The van der Waals surface area contributed by atoms with Gasteiger partial charge in [-0.3, -0.25) is 4.79 Å². The minimum atomic E-state index is -0.347. The van der Waals surface area contributed by atoms with Gasteiger partial charge in [-0.05, 0) is 19.9 Å². The molecular formula is C7H18N2O. The van der Waals surface area contributed by atoms with E-state index in [1.807, 2.05) is 13.8 Å². The van der Waals surface area contributed by atoms with Crippen LogP contribution in [0.1, 0.15) is 27.2 Å². The Bertz CT molecular complexity index is 83.7. The molecule has 3 nitrogen and oxygen atoms in total. The van der Waals surface area contributed by atoms with Crippen LogP contribution in [0, 0.1) is 0 Å². The maximum Gasteiger partial charge on any atom is 0.146 e. The zero-order valence-electron chi connectivity index (χ0n) is 7.05. The Hall–Kier alpha value is -0.410. The molecule has 0 aliphatic rings. The van der Waals surface area contributed by atoms with Gasteiger partial charge in [0.15, 0.2) is 0 Å². The van der Waals surface area contributed by atoms with Gasteiger partial charge in [0.1, 0.15) is 5.78 Å². The van der Waals surface area contributed by atoms with E-state index in [1.54, 1.807) is 0 Å². The van der Waals surface area contributed by atoms with E-state index in [2.05, 4.69) is 0 Å². The highest BCUT2D eigenvalue weighted by molar-refractivity contribution is 5.81. The lowest BCUT2D eigenvalue weighted by Gasteiger charge is -2.02. The SMILES string of the molecule is CC.CC(=O)[C@H](N)CCN. The van der Waals surface area contributed by atoms with Gasteiger partial charge in [0.05, 0.1) is 6.04 Å². The molecule has 10 heavy (non-hydrogen) atoms. The molecule has 0 amide bonds. The number of Topliss-reactive ketones (excluding diaryl/α,β-unsaturated/α-hetero) is 1. The van der Waals surface area contributed by atoms with Crippen molar-refractivity contribution in [3.05, 3.63) is 0 Å². The maximum atomic E-state index is 10.4. The van der Waals surface area contributed by atoms with E-state index >= 15 is 0 Å². The normalized spacial score (nSPS) is 11.3. The third-order valence-electron chi connectivity index (χ3n) is 1.000. The minimum absolute atomic E-state index is 0.00968. The molecule has 0 aliphatic carbocycles. The molecule has 0 radical (unpaired) electrons. The van der Waals surface area contributed by atoms with E-state index in [0.717, 1.165) is 0 Å². The summed E-state index contributed by atoms with van der Waals surface area (Å²) in [4.78, 5) is 10.4. The Balaban J connectivity index is 0. The van der Waals surface area contributed by atoms with Crippen molar-refractivity contribution in [2.75, 3.05) is 6.54 Å². The fourth-order valence-corrected chi connectivity index (χ4v) is 0.383. The van der Waals surface area contributed by atoms with Gasteiger partial charge in [-0.1, -0.05) is 13.8 Å². The molecule has 0 rings (SSSR count). The van der Waals surface area contributed by atoms with Crippen LogP contribution in [0.3, 0.4) is 0 Å². The van der Waals surface area contributed by atoms with Gasteiger partial charge < -0.3 is 11.5 Å². The maximum absolute atomic E-state index is 10.4. The largest absolute Gasteiger partial charge is 0.330 e. The number of carbonyl (C=O) groups excluding carboxylic acids is 1. The van der Waals surface area contributed by atoms with Gasteiger partial charge in [0, 0.05) is 0 Å². The fraction of sp³-hybridized carbons (Fsp3) is 0.857. The Morgan fingerprint density at radius 2 is 1.90 bits per heavy atom. The highest BCUT2D eigenvalue weighted by Gasteiger charge is 2.04. The number of ketones is 1.